The minimum absolute atomic E-state index is 0.491. The second kappa shape index (κ2) is 3.28. The fourth-order valence-corrected chi connectivity index (χ4v) is 1.82. The van der Waals surface area contributed by atoms with Crippen molar-refractivity contribution in [1.82, 2.24) is 0 Å². The minimum Gasteiger partial charge on any atom is -0.392 e. The molecule has 1 N–H and O–H groups in total. The Labute approximate surface area is 74.4 Å². The van der Waals surface area contributed by atoms with Gasteiger partial charge in [-0.3, -0.25) is 0 Å². The van der Waals surface area contributed by atoms with Crippen LogP contribution in [0.2, 0.25) is 0 Å². The van der Waals surface area contributed by atoms with Gasteiger partial charge in [-0.15, -0.1) is 0 Å². The fraction of sp³-hybridized carbons (Fsp3) is 0.455. The minimum atomic E-state index is -0.749. The largest absolute Gasteiger partial charge is 0.392 e. The summed E-state index contributed by atoms with van der Waals surface area (Å²) in [7, 11) is 0. The third-order valence-electron chi connectivity index (χ3n) is 2.47. The lowest BCUT2D eigenvalue weighted by Crippen LogP contribution is -2.10. The van der Waals surface area contributed by atoms with Gasteiger partial charge in [-0.25, -0.2) is 0 Å². The second-order valence-electron chi connectivity index (χ2n) is 3.30. The monoisotopic (exact) mass is 163 g/mol. The normalized spacial score (nSPS) is 36.4. The molecule has 64 valence electrons. The Morgan fingerprint density at radius 2 is 2.00 bits per heavy atom. The van der Waals surface area contributed by atoms with Crippen LogP contribution in [0.25, 0.3) is 0 Å². The van der Waals surface area contributed by atoms with Crippen molar-refractivity contribution in [2.45, 2.75) is 31.3 Å². The summed E-state index contributed by atoms with van der Waals surface area (Å²) in [5, 5.41) is 9.71. The van der Waals surface area contributed by atoms with Crippen LogP contribution in [0.15, 0.2) is 30.3 Å². The van der Waals surface area contributed by atoms with Crippen LogP contribution < -0.4 is 0 Å². The predicted molar refractivity (Wildman–Crippen MR) is 49.0 cm³/mol. The molecule has 1 heteroatoms. The lowest BCUT2D eigenvalue weighted by atomic mass is 9.96. The van der Waals surface area contributed by atoms with E-state index in [4.69, 9.17) is 1.37 Å². The summed E-state index contributed by atoms with van der Waals surface area (Å²) in [6, 6.07) is 9.66. The molecule has 0 aromatic heterocycles. The Morgan fingerprint density at radius 3 is 2.58 bits per heavy atom. The third kappa shape index (κ3) is 1.37. The summed E-state index contributed by atoms with van der Waals surface area (Å²) in [5.74, 6) is -0.749. The van der Waals surface area contributed by atoms with E-state index in [1.54, 1.807) is 0 Å². The lowest BCUT2D eigenvalue weighted by molar-refractivity contribution is 0.164. The van der Waals surface area contributed by atoms with Gasteiger partial charge in [0.2, 0.25) is 0 Å². The molecule has 0 bridgehead atoms. The van der Waals surface area contributed by atoms with Crippen LogP contribution in [-0.2, 0) is 0 Å². The first kappa shape index (κ1) is 6.67. The van der Waals surface area contributed by atoms with Crippen molar-refractivity contribution in [3.63, 3.8) is 0 Å². The molecule has 2 rings (SSSR count). The molecule has 0 spiro atoms. The molecule has 2 atom stereocenters. The summed E-state index contributed by atoms with van der Waals surface area (Å²) in [5.41, 5.74) is 0.944. The van der Waals surface area contributed by atoms with Gasteiger partial charge in [0, 0.05) is 7.26 Å². The Kier molecular flexibility index (Phi) is 1.82. The van der Waals surface area contributed by atoms with Crippen molar-refractivity contribution < 1.29 is 6.48 Å². The van der Waals surface area contributed by atoms with Crippen molar-refractivity contribution in [2.24, 2.45) is 0 Å². The number of aliphatic hydroxyl groups is 1. The van der Waals surface area contributed by atoms with Crippen LogP contribution in [0.3, 0.4) is 0 Å². The molecule has 1 fully saturated rings. The molecule has 1 saturated carbocycles. The summed E-state index contributed by atoms with van der Waals surface area (Å²) >= 11 is 0. The highest BCUT2D eigenvalue weighted by atomic mass is 16.3. The number of hydrogen-bond acceptors (Lipinski definition) is 1. The van der Waals surface area contributed by atoms with Gasteiger partial charge in [0.15, 0.2) is 0 Å². The van der Waals surface area contributed by atoms with Crippen molar-refractivity contribution in [1.29, 1.82) is 0 Å². The molecule has 12 heavy (non-hydrogen) atoms. The second-order valence-corrected chi connectivity index (χ2v) is 3.30. The van der Waals surface area contributed by atoms with Crippen LogP contribution in [-0.4, -0.2) is 11.2 Å². The number of rotatable bonds is 1. The van der Waals surface area contributed by atoms with E-state index >= 15 is 0 Å². The van der Waals surface area contributed by atoms with Crippen LogP contribution >= 0.6 is 0 Å². The highest BCUT2D eigenvalue weighted by molar-refractivity contribution is 5.21. The highest BCUT2D eigenvalue weighted by Gasteiger charge is 2.25. The van der Waals surface area contributed by atoms with Gasteiger partial charge >= 0.3 is 0 Å². The van der Waals surface area contributed by atoms with E-state index in [9.17, 15) is 5.11 Å². The maximum Gasteiger partial charge on any atom is 0.0608 e. The summed E-state index contributed by atoms with van der Waals surface area (Å²) in [4.78, 5) is 0. The van der Waals surface area contributed by atoms with Crippen molar-refractivity contribution >= 4 is 0 Å². The molecule has 0 heterocycles. The molecule has 0 radical (unpaired) electrons. The summed E-state index contributed by atoms with van der Waals surface area (Å²) in [6.45, 7) is 0. The standard InChI is InChI=1S/C11H14O/c12-11-8-4-7-10(11)9-5-2-1-3-6-9/h1-3,5-6,10-12H,4,7-8H2/t10-,11-/m0/s1/i10D. The Balaban J connectivity index is 2.34. The first-order chi connectivity index (χ1) is 6.23. The van der Waals surface area contributed by atoms with Gasteiger partial charge in [0.25, 0.3) is 0 Å². The van der Waals surface area contributed by atoms with Gasteiger partial charge in [-0.05, 0) is 18.4 Å². The van der Waals surface area contributed by atoms with Gasteiger partial charge in [-0.1, -0.05) is 36.8 Å². The third-order valence-corrected chi connectivity index (χ3v) is 2.47. The molecular formula is C11H14O. The van der Waals surface area contributed by atoms with E-state index in [2.05, 4.69) is 0 Å². The van der Waals surface area contributed by atoms with Crippen LogP contribution in [0.4, 0.5) is 0 Å². The van der Waals surface area contributed by atoms with E-state index in [1.165, 1.54) is 0 Å². The summed E-state index contributed by atoms with van der Waals surface area (Å²) < 4.78 is 8.18. The van der Waals surface area contributed by atoms with E-state index < -0.39 is 12.0 Å². The average molecular weight is 163 g/mol. The molecule has 1 aromatic rings. The van der Waals surface area contributed by atoms with Gasteiger partial charge in [-0.2, -0.15) is 0 Å². The first-order valence-corrected chi connectivity index (χ1v) is 4.47. The summed E-state index contributed by atoms with van der Waals surface area (Å²) in [6.07, 6.45) is 2.01. The van der Waals surface area contributed by atoms with Gasteiger partial charge in [0.1, 0.15) is 0 Å². The molecule has 1 aliphatic carbocycles. The maximum absolute atomic E-state index is 9.71. The number of hydrogen-bond donors (Lipinski definition) is 1. The van der Waals surface area contributed by atoms with E-state index in [-0.39, 0.29) is 0 Å². The van der Waals surface area contributed by atoms with E-state index in [0.717, 1.165) is 24.8 Å². The molecule has 1 nitrogen and oxygen atoms in total. The van der Waals surface area contributed by atoms with Crippen molar-refractivity contribution in [2.75, 3.05) is 0 Å². The zero-order valence-corrected chi connectivity index (χ0v) is 7.03. The van der Waals surface area contributed by atoms with Gasteiger partial charge in [0.05, 0.1) is 6.10 Å². The predicted octanol–water partition coefficient (Wildman–Crippen LogP) is 2.31. The molecule has 1 aliphatic rings. The fourth-order valence-electron chi connectivity index (χ4n) is 1.82. The maximum atomic E-state index is 9.71. The van der Waals surface area contributed by atoms with E-state index in [0.29, 0.717) is 0 Å². The highest BCUT2D eigenvalue weighted by Crippen LogP contribution is 2.34. The Bertz CT molecular complexity index is 285. The SMILES string of the molecule is [2H][C@@]1(c2ccccc2)CCC[C@@H]1O. The zero-order chi connectivity index (χ0) is 9.31. The van der Waals surface area contributed by atoms with Crippen LogP contribution in [0, 0.1) is 0 Å². The smallest absolute Gasteiger partial charge is 0.0608 e. The van der Waals surface area contributed by atoms with Crippen LogP contribution in [0.5, 0.6) is 0 Å². The van der Waals surface area contributed by atoms with Crippen molar-refractivity contribution in [3.8, 4) is 0 Å². The molecule has 0 amide bonds. The van der Waals surface area contributed by atoms with Crippen molar-refractivity contribution in [3.05, 3.63) is 35.9 Å². The topological polar surface area (TPSA) is 20.2 Å². The first-order valence-electron chi connectivity index (χ1n) is 4.97. The Morgan fingerprint density at radius 1 is 1.25 bits per heavy atom. The zero-order valence-electron chi connectivity index (χ0n) is 8.03. The quantitative estimate of drug-likeness (QED) is 0.673. The Hall–Kier alpha value is -0.820. The lowest BCUT2D eigenvalue weighted by Gasteiger charge is -2.13. The van der Waals surface area contributed by atoms with E-state index in [1.807, 2.05) is 30.3 Å². The molecular weight excluding hydrogens is 148 g/mol. The average Bonchev–Trinajstić information content (AvgIpc) is 2.50. The molecule has 1 aromatic carbocycles. The van der Waals surface area contributed by atoms with Crippen LogP contribution in [0.1, 0.15) is 32.1 Å². The van der Waals surface area contributed by atoms with Gasteiger partial charge < -0.3 is 5.11 Å². The number of benzene rings is 1. The molecule has 0 aliphatic heterocycles. The molecule has 0 unspecified atom stereocenters. The molecule has 0 saturated heterocycles. The number of aliphatic hydroxyl groups excluding tert-OH is 1.